The lowest BCUT2D eigenvalue weighted by molar-refractivity contribution is -0.136. The zero-order chi connectivity index (χ0) is 20.1. The van der Waals surface area contributed by atoms with Crippen molar-refractivity contribution in [1.29, 1.82) is 0 Å². The molecule has 156 valence electrons. The van der Waals surface area contributed by atoms with Crippen LogP contribution in [0.2, 0.25) is 0 Å². The van der Waals surface area contributed by atoms with Crippen molar-refractivity contribution < 1.29 is 28.4 Å². The quantitative estimate of drug-likeness (QED) is 0.698. The average molecular weight is 400 g/mol. The summed E-state index contributed by atoms with van der Waals surface area (Å²) < 4.78 is 32.6. The maximum absolute atomic E-state index is 6.01. The third-order valence-corrected chi connectivity index (χ3v) is 5.26. The molecule has 2 aromatic carbocycles. The van der Waals surface area contributed by atoms with Crippen LogP contribution in [-0.4, -0.2) is 33.4 Å². The van der Waals surface area contributed by atoms with Crippen LogP contribution < -0.4 is 18.9 Å². The van der Waals surface area contributed by atoms with Gasteiger partial charge in [-0.15, -0.1) is 0 Å². The third-order valence-electron chi connectivity index (χ3n) is 5.26. The monoisotopic (exact) mass is 400 g/mol. The van der Waals surface area contributed by atoms with Crippen LogP contribution in [0.1, 0.15) is 31.9 Å². The van der Waals surface area contributed by atoms with E-state index in [1.807, 2.05) is 50.2 Å². The van der Waals surface area contributed by atoms with E-state index in [1.165, 1.54) is 12.0 Å². The summed E-state index contributed by atoms with van der Waals surface area (Å²) in [6.07, 6.45) is 1.34. The molecule has 0 radical (unpaired) electrons. The van der Waals surface area contributed by atoms with E-state index in [9.17, 15) is 0 Å². The molecule has 29 heavy (non-hydrogen) atoms. The fourth-order valence-corrected chi connectivity index (χ4v) is 3.96. The molecule has 4 aliphatic rings. The van der Waals surface area contributed by atoms with Crippen LogP contribution in [0.15, 0.2) is 42.5 Å². The summed E-state index contributed by atoms with van der Waals surface area (Å²) in [7, 11) is 0. The molecule has 0 unspecified atom stereocenters. The molecule has 6 nitrogen and oxygen atoms in total. The molecular weight excluding hydrogens is 372 g/mol. The summed E-state index contributed by atoms with van der Waals surface area (Å²) in [5, 5.41) is 0. The van der Waals surface area contributed by atoms with Crippen molar-refractivity contribution >= 4 is 0 Å². The van der Waals surface area contributed by atoms with Crippen molar-refractivity contribution in [2.24, 2.45) is 11.8 Å². The van der Waals surface area contributed by atoms with Gasteiger partial charge in [0.15, 0.2) is 23.0 Å². The summed E-state index contributed by atoms with van der Waals surface area (Å²) in [5.41, 5.74) is 1.17. The smallest absolute Gasteiger partial charge is 0.231 e. The molecule has 2 aromatic rings. The van der Waals surface area contributed by atoms with Gasteiger partial charge in [-0.2, -0.15) is 0 Å². The first kappa shape index (κ1) is 19.9. The van der Waals surface area contributed by atoms with Crippen LogP contribution in [0.5, 0.6) is 23.0 Å². The van der Waals surface area contributed by atoms with Crippen molar-refractivity contribution in [3.05, 3.63) is 48.0 Å². The van der Waals surface area contributed by atoms with Gasteiger partial charge in [0.05, 0.1) is 25.9 Å². The van der Waals surface area contributed by atoms with Gasteiger partial charge in [-0.25, -0.2) is 0 Å². The van der Waals surface area contributed by atoms with Gasteiger partial charge in [-0.1, -0.05) is 32.0 Å². The molecule has 2 fully saturated rings. The van der Waals surface area contributed by atoms with Gasteiger partial charge < -0.3 is 28.4 Å². The number of rotatable bonds is 1. The van der Waals surface area contributed by atoms with Crippen LogP contribution in [0.3, 0.4) is 0 Å². The van der Waals surface area contributed by atoms with E-state index in [1.54, 1.807) is 0 Å². The molecule has 0 saturated carbocycles. The molecule has 6 heteroatoms. The summed E-state index contributed by atoms with van der Waals surface area (Å²) in [4.78, 5) is 0. The summed E-state index contributed by atoms with van der Waals surface area (Å²) in [6.45, 7) is 7.13. The predicted molar refractivity (Wildman–Crippen MR) is 108 cm³/mol. The Hall–Kier alpha value is -2.44. The Morgan fingerprint density at radius 1 is 0.724 bits per heavy atom. The van der Waals surface area contributed by atoms with E-state index in [2.05, 4.69) is 6.07 Å². The van der Waals surface area contributed by atoms with E-state index >= 15 is 0 Å². The minimum atomic E-state index is 0.135. The van der Waals surface area contributed by atoms with Crippen LogP contribution in [0, 0.1) is 11.8 Å². The summed E-state index contributed by atoms with van der Waals surface area (Å²) >= 11 is 0. The van der Waals surface area contributed by atoms with Gasteiger partial charge in [-0.3, -0.25) is 0 Å². The zero-order valence-electron chi connectivity index (χ0n) is 17.0. The van der Waals surface area contributed by atoms with Crippen molar-refractivity contribution in [1.82, 2.24) is 0 Å². The topological polar surface area (TPSA) is 55.4 Å². The molecule has 0 N–H and O–H groups in total. The second kappa shape index (κ2) is 9.37. The molecule has 6 rings (SSSR count). The Morgan fingerprint density at radius 2 is 1.38 bits per heavy atom. The number of fused-ring (bicyclic) bond motifs is 4. The van der Waals surface area contributed by atoms with Crippen molar-refractivity contribution in [3.8, 4) is 23.0 Å². The highest BCUT2D eigenvalue weighted by molar-refractivity contribution is 5.45. The number of benzene rings is 2. The molecule has 4 aliphatic heterocycles. The normalized spacial score (nSPS) is 25.2. The summed E-state index contributed by atoms with van der Waals surface area (Å²) in [6, 6.07) is 13.7. The van der Waals surface area contributed by atoms with Crippen molar-refractivity contribution in [2.45, 2.75) is 26.4 Å². The molecular formula is C23H28O6. The molecule has 0 spiro atoms. The molecule has 2 bridgehead atoms. The highest BCUT2D eigenvalue weighted by Crippen LogP contribution is 2.42. The SMILES string of the molecule is CC.c1cc2c(cc1[C@H]1OC[C@@H]3COC[C@H]1C3)OCO2.c1ccc2c(c1)OCO2. The number of hydrogen-bond acceptors (Lipinski definition) is 6. The number of para-hydroxylation sites is 2. The van der Waals surface area contributed by atoms with Gasteiger partial charge in [0.1, 0.15) is 0 Å². The second-order valence-corrected chi connectivity index (χ2v) is 7.12. The summed E-state index contributed by atoms with van der Waals surface area (Å²) in [5.74, 6) is 4.39. The lowest BCUT2D eigenvalue weighted by Crippen LogP contribution is -2.38. The first-order valence-electron chi connectivity index (χ1n) is 10.3. The number of hydrogen-bond donors (Lipinski definition) is 0. The first-order valence-corrected chi connectivity index (χ1v) is 10.3. The fourth-order valence-electron chi connectivity index (χ4n) is 3.96. The lowest BCUT2D eigenvalue weighted by atomic mass is 9.84. The molecule has 3 atom stereocenters. The van der Waals surface area contributed by atoms with Crippen LogP contribution in [0.25, 0.3) is 0 Å². The van der Waals surface area contributed by atoms with Gasteiger partial charge in [0.2, 0.25) is 13.6 Å². The Labute approximate surface area is 171 Å². The van der Waals surface area contributed by atoms with E-state index < -0.39 is 0 Å². The van der Waals surface area contributed by atoms with Gasteiger partial charge in [0.25, 0.3) is 0 Å². The molecule has 4 heterocycles. The zero-order valence-corrected chi connectivity index (χ0v) is 17.0. The van der Waals surface area contributed by atoms with Gasteiger partial charge in [0, 0.05) is 11.8 Å². The maximum atomic E-state index is 6.01. The lowest BCUT2D eigenvalue weighted by Gasteiger charge is -2.40. The van der Waals surface area contributed by atoms with E-state index in [0.29, 0.717) is 25.4 Å². The standard InChI is InChI=1S/C14H16O4.C7H6O2.C2H6/c1-2-12-13(18-8-17-12)4-10(1)14-11-3-9(6-16-14)5-15-7-11;1-2-4-7-6(3-1)8-5-9-7;1-2/h1-2,4,9,11,14H,3,5-8H2;1-4H,5H2;1-2H3/t9-,11+,14+;;/m0../s1. The molecule has 0 aromatic heterocycles. The second-order valence-electron chi connectivity index (χ2n) is 7.12. The molecule has 2 saturated heterocycles. The predicted octanol–water partition coefficient (Wildman–Crippen LogP) is 4.58. The Bertz CT molecular complexity index is 785. The maximum Gasteiger partial charge on any atom is 0.231 e. The number of ether oxygens (including phenoxy) is 6. The Kier molecular flexibility index (Phi) is 6.42. The Morgan fingerprint density at radius 3 is 2.10 bits per heavy atom. The van der Waals surface area contributed by atoms with Crippen LogP contribution in [0.4, 0.5) is 0 Å². The van der Waals surface area contributed by atoms with Crippen LogP contribution >= 0.6 is 0 Å². The van der Waals surface area contributed by atoms with E-state index in [-0.39, 0.29) is 6.10 Å². The van der Waals surface area contributed by atoms with E-state index in [4.69, 9.17) is 28.4 Å². The van der Waals surface area contributed by atoms with Crippen molar-refractivity contribution in [2.75, 3.05) is 33.4 Å². The minimum absolute atomic E-state index is 0.135. The highest BCUT2D eigenvalue weighted by atomic mass is 16.7. The Balaban J connectivity index is 0.000000157. The van der Waals surface area contributed by atoms with Gasteiger partial charge in [-0.05, 0) is 36.2 Å². The highest BCUT2D eigenvalue weighted by Gasteiger charge is 2.36. The largest absolute Gasteiger partial charge is 0.454 e. The van der Waals surface area contributed by atoms with Crippen LogP contribution in [-0.2, 0) is 9.47 Å². The fraction of sp³-hybridized carbons (Fsp3) is 0.478. The first-order chi connectivity index (χ1) is 14.4. The average Bonchev–Trinajstić information content (AvgIpc) is 3.45. The molecule has 0 aliphatic carbocycles. The van der Waals surface area contributed by atoms with Crippen molar-refractivity contribution in [3.63, 3.8) is 0 Å². The van der Waals surface area contributed by atoms with Gasteiger partial charge >= 0.3 is 0 Å². The molecule has 0 amide bonds. The van der Waals surface area contributed by atoms with E-state index in [0.717, 1.165) is 42.8 Å². The minimum Gasteiger partial charge on any atom is -0.454 e. The third kappa shape index (κ3) is 4.43.